The van der Waals surface area contributed by atoms with E-state index in [-0.39, 0.29) is 10.6 Å². The van der Waals surface area contributed by atoms with Crippen LogP contribution in [0.1, 0.15) is 10.4 Å². The fraction of sp³-hybridized carbons (Fsp3) is 0. The van der Waals surface area contributed by atoms with Crippen LogP contribution in [0.15, 0.2) is 24.3 Å². The maximum absolute atomic E-state index is 10.9. The summed E-state index contributed by atoms with van der Waals surface area (Å²) in [6.45, 7) is 0. The predicted molar refractivity (Wildman–Crippen MR) is 43.4 cm³/mol. The monoisotopic (exact) mass is 186 g/mol. The Hall–Kier alpha value is -1.35. The maximum atomic E-state index is 10.9. The zero-order chi connectivity index (χ0) is 9.14. The van der Waals surface area contributed by atoms with Crippen LogP contribution >= 0.6 is 11.6 Å². The summed E-state index contributed by atoms with van der Waals surface area (Å²) in [4.78, 5) is 21.1. The Balaban J connectivity index is 3.11. The van der Waals surface area contributed by atoms with Gasteiger partial charge in [0.1, 0.15) is 0 Å². The Morgan fingerprint density at radius 3 is 2.33 bits per heavy atom. The minimum Gasteiger partial charge on any atom is -0.475 e. The molecular formula is C8H5ClO3. The third-order valence-corrected chi connectivity index (χ3v) is 1.64. The van der Waals surface area contributed by atoms with E-state index in [1.807, 2.05) is 0 Å². The number of Topliss-reactive ketones (excluding diaryl/α,β-unsaturated/α-hetero) is 1. The molecule has 0 aliphatic carbocycles. The second-order valence-electron chi connectivity index (χ2n) is 2.11. The zero-order valence-electron chi connectivity index (χ0n) is 5.95. The smallest absolute Gasteiger partial charge is 0.377 e. The van der Waals surface area contributed by atoms with Crippen LogP contribution in [0.5, 0.6) is 0 Å². The molecule has 0 aromatic heterocycles. The van der Waals surface area contributed by atoms with Crippen molar-refractivity contribution in [3.8, 4) is 0 Å². The van der Waals surface area contributed by atoms with Crippen molar-refractivity contribution >= 4 is 23.4 Å². The van der Waals surface area contributed by atoms with Crippen molar-refractivity contribution in [3.63, 3.8) is 0 Å². The lowest BCUT2D eigenvalue weighted by molar-refractivity contribution is -0.131. The van der Waals surface area contributed by atoms with Crippen LogP contribution in [0.3, 0.4) is 0 Å². The summed E-state index contributed by atoms with van der Waals surface area (Å²) >= 11 is 5.58. The van der Waals surface area contributed by atoms with Crippen molar-refractivity contribution < 1.29 is 14.7 Å². The van der Waals surface area contributed by atoms with Crippen LogP contribution in [0.2, 0.25) is 5.02 Å². The molecule has 1 aromatic rings. The van der Waals surface area contributed by atoms with Gasteiger partial charge in [-0.2, -0.15) is 0 Å². The zero-order valence-corrected chi connectivity index (χ0v) is 6.71. The topological polar surface area (TPSA) is 54.4 Å². The number of carbonyl (C=O) groups is 2. The number of benzene rings is 1. The third kappa shape index (κ3) is 1.62. The fourth-order valence-corrected chi connectivity index (χ4v) is 0.982. The van der Waals surface area contributed by atoms with Gasteiger partial charge in [0, 0.05) is 5.56 Å². The minimum absolute atomic E-state index is 0.0201. The van der Waals surface area contributed by atoms with Crippen molar-refractivity contribution in [2.75, 3.05) is 0 Å². The van der Waals surface area contributed by atoms with Gasteiger partial charge in [-0.1, -0.05) is 23.7 Å². The van der Waals surface area contributed by atoms with Crippen LogP contribution in [0.4, 0.5) is 0 Å². The van der Waals surface area contributed by atoms with Gasteiger partial charge < -0.3 is 5.11 Å². The van der Waals surface area contributed by atoms with E-state index < -0.39 is 11.8 Å². The highest BCUT2D eigenvalue weighted by atomic mass is 35.5. The van der Waals surface area contributed by atoms with Gasteiger partial charge >= 0.3 is 5.97 Å². The van der Waals surface area contributed by atoms with Gasteiger partial charge in [0.25, 0.3) is 5.78 Å². The van der Waals surface area contributed by atoms with Gasteiger partial charge in [-0.15, -0.1) is 0 Å². The fourth-order valence-electron chi connectivity index (χ4n) is 0.761. The van der Waals surface area contributed by atoms with Gasteiger partial charge in [-0.3, -0.25) is 4.79 Å². The Bertz CT molecular complexity index is 333. The number of hydrogen-bond donors (Lipinski definition) is 1. The number of aliphatic carboxylic acids is 1. The average Bonchev–Trinajstić information content (AvgIpc) is 2.04. The largest absolute Gasteiger partial charge is 0.475 e. The molecule has 0 unspecified atom stereocenters. The Morgan fingerprint density at radius 2 is 1.83 bits per heavy atom. The van der Waals surface area contributed by atoms with Crippen LogP contribution < -0.4 is 0 Å². The summed E-state index contributed by atoms with van der Waals surface area (Å²) in [6, 6.07) is 6.03. The molecule has 0 atom stereocenters. The van der Waals surface area contributed by atoms with Crippen LogP contribution in [0, 0.1) is 0 Å². The molecule has 0 amide bonds. The van der Waals surface area contributed by atoms with Crippen molar-refractivity contribution in [1.29, 1.82) is 0 Å². The lowest BCUT2D eigenvalue weighted by Crippen LogP contribution is -2.12. The maximum Gasteiger partial charge on any atom is 0.377 e. The first kappa shape index (κ1) is 8.74. The molecule has 0 bridgehead atoms. The molecule has 0 saturated heterocycles. The highest BCUT2D eigenvalue weighted by Gasteiger charge is 2.16. The second kappa shape index (κ2) is 3.36. The summed E-state index contributed by atoms with van der Waals surface area (Å²) < 4.78 is 0. The molecule has 12 heavy (non-hydrogen) atoms. The molecule has 0 spiro atoms. The molecule has 0 fully saturated rings. The second-order valence-corrected chi connectivity index (χ2v) is 2.52. The highest BCUT2D eigenvalue weighted by molar-refractivity contribution is 6.44. The molecule has 1 rings (SSSR count). The lowest BCUT2D eigenvalue weighted by Gasteiger charge is -1.96. The number of ketones is 1. The first-order valence-electron chi connectivity index (χ1n) is 3.15. The average molecular weight is 187 g/mol. The number of carboxylic acids is 1. The van der Waals surface area contributed by atoms with Crippen molar-refractivity contribution in [1.82, 2.24) is 0 Å². The van der Waals surface area contributed by atoms with E-state index in [4.69, 9.17) is 16.7 Å². The molecule has 1 aromatic carbocycles. The standard InChI is InChI=1S/C8H5ClO3/c9-6-4-2-1-3-5(6)7(10)8(11)12/h1-4H,(H,11,12)/i7+1,8+1. The normalized spacial score (nSPS) is 9.42. The van der Waals surface area contributed by atoms with Crippen molar-refractivity contribution in [3.05, 3.63) is 34.9 Å². The summed E-state index contributed by atoms with van der Waals surface area (Å²) in [5.41, 5.74) is 0.0201. The lowest BCUT2D eigenvalue weighted by atomic mass is 10.3. The predicted octanol–water partition coefficient (Wildman–Crippen LogP) is 1.61. The van der Waals surface area contributed by atoms with Crippen molar-refractivity contribution in [2.45, 2.75) is 0 Å². The van der Waals surface area contributed by atoms with E-state index in [9.17, 15) is 9.59 Å². The van der Waals surface area contributed by atoms with Crippen molar-refractivity contribution in [2.24, 2.45) is 0 Å². The Morgan fingerprint density at radius 1 is 1.25 bits per heavy atom. The summed E-state index contributed by atoms with van der Waals surface area (Å²) in [7, 11) is 0. The molecule has 0 saturated carbocycles. The first-order valence-corrected chi connectivity index (χ1v) is 3.53. The number of halogens is 1. The van der Waals surface area contributed by atoms with Crippen LogP contribution in [0.25, 0.3) is 0 Å². The van der Waals surface area contributed by atoms with Crippen LogP contribution in [-0.4, -0.2) is 16.9 Å². The molecule has 0 radical (unpaired) electrons. The van der Waals surface area contributed by atoms with Gasteiger partial charge in [-0.25, -0.2) is 4.79 Å². The van der Waals surface area contributed by atoms with Gasteiger partial charge in [0.05, 0.1) is 5.02 Å². The molecule has 1 N–H and O–H groups in total. The van der Waals surface area contributed by atoms with Gasteiger partial charge in [-0.05, 0) is 12.1 Å². The van der Waals surface area contributed by atoms with Gasteiger partial charge in [0.15, 0.2) is 0 Å². The molecule has 0 heterocycles. The third-order valence-electron chi connectivity index (χ3n) is 1.31. The number of carbonyl (C=O) groups excluding carboxylic acids is 1. The van der Waals surface area contributed by atoms with E-state index >= 15 is 0 Å². The summed E-state index contributed by atoms with van der Waals surface area (Å²) in [5, 5.41) is 8.51. The number of hydrogen-bond acceptors (Lipinski definition) is 2. The number of rotatable bonds is 2. The Labute approximate surface area is 73.6 Å². The molecule has 3 nitrogen and oxygen atoms in total. The molecule has 4 heteroatoms. The molecule has 0 aliphatic rings. The van der Waals surface area contributed by atoms with E-state index in [0.717, 1.165) is 0 Å². The number of carboxylic acid groups (broad SMARTS) is 1. The SMILES string of the molecule is O=[13C](O)[13C](=O)c1ccccc1Cl. The summed E-state index contributed by atoms with van der Waals surface area (Å²) in [6.07, 6.45) is 0. The van der Waals surface area contributed by atoms with Crippen LogP contribution in [-0.2, 0) is 4.79 Å². The van der Waals surface area contributed by atoms with E-state index in [1.165, 1.54) is 12.1 Å². The van der Waals surface area contributed by atoms with E-state index in [0.29, 0.717) is 0 Å². The molecule has 62 valence electrons. The Kier molecular flexibility index (Phi) is 2.45. The van der Waals surface area contributed by atoms with E-state index in [1.54, 1.807) is 12.1 Å². The quantitative estimate of drug-likeness (QED) is 0.434. The first-order chi connectivity index (χ1) is 5.63. The molecular weight excluding hydrogens is 182 g/mol. The summed E-state index contributed by atoms with van der Waals surface area (Å²) in [5.74, 6) is -2.48. The minimum atomic E-state index is -1.50. The van der Waals surface area contributed by atoms with Gasteiger partial charge in [0.2, 0.25) is 0 Å². The van der Waals surface area contributed by atoms with E-state index in [2.05, 4.69) is 0 Å². The highest BCUT2D eigenvalue weighted by Crippen LogP contribution is 2.15. The molecule has 0 aliphatic heterocycles.